The number of ether oxygens (including phenoxy) is 1. The van der Waals surface area contributed by atoms with Gasteiger partial charge in [0.2, 0.25) is 17.8 Å². The summed E-state index contributed by atoms with van der Waals surface area (Å²) in [6.07, 6.45) is 6.68. The maximum Gasteiger partial charge on any atom is 0.255 e. The van der Waals surface area contributed by atoms with Crippen molar-refractivity contribution in [1.29, 1.82) is 0 Å². The fourth-order valence-corrected chi connectivity index (χ4v) is 11.2. The molecule has 16 heteroatoms. The molecule has 6 heterocycles. The molecular formula is C46H55ClN9O5P. The molecular weight excluding hydrogens is 825 g/mol. The molecule has 3 amide bonds. The average molecular weight is 880 g/mol. The lowest BCUT2D eigenvalue weighted by Crippen LogP contribution is -2.61. The number of rotatable bonds is 12. The van der Waals surface area contributed by atoms with Gasteiger partial charge in [-0.05, 0) is 124 Å². The normalized spacial score (nSPS) is 20.8. The summed E-state index contributed by atoms with van der Waals surface area (Å²) in [5.41, 5.74) is 5.49. The third kappa shape index (κ3) is 8.93. The SMILES string of the molecule is COc1cc(C2CCN(C3CN(CC4CCN(c5ccc6c(c5)CN(C5CCC(=O)NC5=O)C6=O)CC4)C3)CC2)ccc1Nc1ncc(Cl)c(Nc2ccccc2P(C)(C)=O)n1. The van der Waals surface area contributed by atoms with Crippen LogP contribution in [-0.2, 0) is 20.7 Å². The zero-order valence-corrected chi connectivity index (χ0v) is 37.3. The average Bonchev–Trinajstić information content (AvgIpc) is 3.58. The number of piperidine rings is 3. The Bertz CT molecular complexity index is 2410. The Labute approximate surface area is 368 Å². The highest BCUT2D eigenvalue weighted by atomic mass is 35.5. The van der Waals surface area contributed by atoms with Crippen LogP contribution in [0.1, 0.15) is 65.9 Å². The number of methoxy groups -OCH3 is 1. The third-order valence-electron chi connectivity index (χ3n) is 13.4. The van der Waals surface area contributed by atoms with Gasteiger partial charge in [0.15, 0.2) is 5.82 Å². The molecule has 1 aromatic heterocycles. The van der Waals surface area contributed by atoms with Crippen molar-refractivity contribution in [1.82, 2.24) is 30.0 Å². The third-order valence-corrected chi connectivity index (χ3v) is 15.2. The first-order valence-electron chi connectivity index (χ1n) is 21.8. The van der Waals surface area contributed by atoms with Gasteiger partial charge in [-0.1, -0.05) is 29.8 Å². The Morgan fingerprint density at radius 2 is 1.68 bits per heavy atom. The molecule has 3 N–H and O–H groups in total. The second kappa shape index (κ2) is 17.6. The van der Waals surface area contributed by atoms with E-state index in [1.54, 1.807) is 31.5 Å². The van der Waals surface area contributed by atoms with E-state index in [0.29, 0.717) is 58.9 Å². The van der Waals surface area contributed by atoms with Crippen LogP contribution in [0.2, 0.25) is 5.02 Å². The number of amides is 3. The summed E-state index contributed by atoms with van der Waals surface area (Å²) in [6.45, 7) is 11.5. The summed E-state index contributed by atoms with van der Waals surface area (Å²) >= 11 is 6.49. The Balaban J connectivity index is 0.722. The zero-order valence-electron chi connectivity index (χ0n) is 35.6. The number of halogens is 1. The number of benzene rings is 3. The Hall–Kier alpha value is -5.01. The van der Waals surface area contributed by atoms with Crippen LogP contribution in [0, 0.1) is 5.92 Å². The van der Waals surface area contributed by atoms with E-state index in [0.717, 1.165) is 99.5 Å². The first-order chi connectivity index (χ1) is 29.9. The molecule has 1 unspecified atom stereocenters. The summed E-state index contributed by atoms with van der Waals surface area (Å²) in [4.78, 5) is 55.7. The first-order valence-corrected chi connectivity index (χ1v) is 24.8. The van der Waals surface area contributed by atoms with Crippen molar-refractivity contribution in [3.05, 3.63) is 88.6 Å². The number of imide groups is 1. The predicted octanol–water partition coefficient (Wildman–Crippen LogP) is 6.42. The Morgan fingerprint density at radius 1 is 0.903 bits per heavy atom. The van der Waals surface area contributed by atoms with E-state index in [1.807, 2.05) is 42.5 Å². The number of carbonyl (C=O) groups is 3. The molecule has 5 aliphatic rings. The molecule has 0 radical (unpaired) electrons. The van der Waals surface area contributed by atoms with E-state index in [-0.39, 0.29) is 24.1 Å². The number of hydrogen-bond acceptors (Lipinski definition) is 12. The van der Waals surface area contributed by atoms with Gasteiger partial charge in [-0.25, -0.2) is 4.98 Å². The highest BCUT2D eigenvalue weighted by Crippen LogP contribution is 2.40. The summed E-state index contributed by atoms with van der Waals surface area (Å²) in [5.74, 6) is 1.87. The molecule has 0 spiro atoms. The molecule has 4 saturated heterocycles. The topological polar surface area (TPSA) is 152 Å². The van der Waals surface area contributed by atoms with Crippen LogP contribution in [0.4, 0.5) is 28.8 Å². The molecule has 5 aliphatic heterocycles. The summed E-state index contributed by atoms with van der Waals surface area (Å²) in [7, 11) is -0.862. The minimum Gasteiger partial charge on any atom is -0.495 e. The lowest BCUT2D eigenvalue weighted by atomic mass is 9.87. The van der Waals surface area contributed by atoms with Crippen LogP contribution >= 0.6 is 18.7 Å². The second-order valence-corrected chi connectivity index (χ2v) is 21.4. The van der Waals surface area contributed by atoms with Gasteiger partial charge >= 0.3 is 0 Å². The van der Waals surface area contributed by atoms with E-state index in [9.17, 15) is 18.9 Å². The quantitative estimate of drug-likeness (QED) is 0.107. The molecule has 0 aliphatic carbocycles. The van der Waals surface area contributed by atoms with E-state index >= 15 is 0 Å². The van der Waals surface area contributed by atoms with Crippen molar-refractivity contribution in [3.8, 4) is 5.75 Å². The molecule has 1 atom stereocenters. The number of nitrogens with zero attached hydrogens (tertiary/aromatic N) is 6. The molecule has 0 bridgehead atoms. The van der Waals surface area contributed by atoms with E-state index in [2.05, 4.69) is 58.8 Å². The molecule has 3 aromatic carbocycles. The largest absolute Gasteiger partial charge is 0.495 e. The minimum atomic E-state index is -2.54. The van der Waals surface area contributed by atoms with Gasteiger partial charge in [0.1, 0.15) is 24.0 Å². The van der Waals surface area contributed by atoms with Crippen LogP contribution < -0.4 is 30.9 Å². The number of likely N-dealkylation sites (tertiary alicyclic amines) is 2. The molecule has 326 valence electrons. The van der Waals surface area contributed by atoms with E-state index in [4.69, 9.17) is 16.3 Å². The summed E-state index contributed by atoms with van der Waals surface area (Å²) in [5, 5.41) is 10.0. The van der Waals surface area contributed by atoms with Crippen molar-refractivity contribution < 1.29 is 23.7 Å². The van der Waals surface area contributed by atoms with Crippen molar-refractivity contribution in [2.75, 3.05) is 81.8 Å². The smallest absolute Gasteiger partial charge is 0.255 e. The van der Waals surface area contributed by atoms with Crippen molar-refractivity contribution >= 4 is 70.6 Å². The lowest BCUT2D eigenvalue weighted by Gasteiger charge is -2.49. The van der Waals surface area contributed by atoms with E-state index in [1.165, 1.54) is 5.56 Å². The number of aromatic nitrogens is 2. The number of para-hydroxylation sites is 1. The molecule has 9 rings (SSSR count). The van der Waals surface area contributed by atoms with Crippen LogP contribution in [0.15, 0.2) is 66.9 Å². The van der Waals surface area contributed by atoms with Gasteiger partial charge in [0, 0.05) is 68.3 Å². The van der Waals surface area contributed by atoms with Gasteiger partial charge < -0.3 is 29.7 Å². The molecule has 0 saturated carbocycles. The number of anilines is 5. The van der Waals surface area contributed by atoms with Gasteiger partial charge in [-0.15, -0.1) is 0 Å². The molecule has 62 heavy (non-hydrogen) atoms. The van der Waals surface area contributed by atoms with E-state index < -0.39 is 13.2 Å². The van der Waals surface area contributed by atoms with Crippen LogP contribution in [0.25, 0.3) is 0 Å². The standard InChI is InChI=1S/C46H55ClN9O5P/c1-61-40-23-31(8-11-37(40)50-46-48-24-36(47)43(52-46)49-38-6-4-5-7-41(38)62(2,3)60)30-16-20-55(21-17-30)34-27-53(28-34)25-29-14-18-54(19-15-29)33-9-10-35-32(22-33)26-56(45(35)59)39-12-13-42(57)51-44(39)58/h4-11,22-24,29-30,34,39H,12-21,25-28H2,1-3H3,(H,51,57,58)(H2,48,49,50,52). The minimum absolute atomic E-state index is 0.126. The first kappa shape index (κ1) is 42.3. The number of carbonyl (C=O) groups excluding carboxylic acids is 3. The van der Waals surface area contributed by atoms with Gasteiger partial charge in [0.05, 0.1) is 24.7 Å². The van der Waals surface area contributed by atoms with Gasteiger partial charge in [0.25, 0.3) is 5.91 Å². The summed E-state index contributed by atoms with van der Waals surface area (Å²) < 4.78 is 18.8. The Kier molecular flexibility index (Phi) is 12.0. The maximum atomic E-state index is 13.2. The number of hydrogen-bond donors (Lipinski definition) is 3. The molecule has 4 aromatic rings. The summed E-state index contributed by atoms with van der Waals surface area (Å²) in [6, 6.07) is 19.9. The maximum absolute atomic E-state index is 13.2. The van der Waals surface area contributed by atoms with Crippen molar-refractivity contribution in [3.63, 3.8) is 0 Å². The van der Waals surface area contributed by atoms with Gasteiger partial charge in [-0.3, -0.25) is 29.5 Å². The number of fused-ring (bicyclic) bond motifs is 1. The highest BCUT2D eigenvalue weighted by molar-refractivity contribution is 7.70. The van der Waals surface area contributed by atoms with Crippen LogP contribution in [-0.4, -0.2) is 121 Å². The lowest BCUT2D eigenvalue weighted by molar-refractivity contribution is -0.136. The fourth-order valence-electron chi connectivity index (χ4n) is 9.89. The second-order valence-electron chi connectivity index (χ2n) is 17.8. The number of nitrogens with one attached hydrogen (secondary N) is 3. The zero-order chi connectivity index (χ0) is 43.1. The Morgan fingerprint density at radius 3 is 2.42 bits per heavy atom. The molecule has 4 fully saturated rings. The predicted molar refractivity (Wildman–Crippen MR) is 243 cm³/mol. The van der Waals surface area contributed by atoms with Crippen molar-refractivity contribution in [2.45, 2.75) is 63.1 Å². The molecule has 14 nitrogen and oxygen atoms in total. The highest BCUT2D eigenvalue weighted by Gasteiger charge is 2.40. The van der Waals surface area contributed by atoms with Crippen LogP contribution in [0.5, 0.6) is 5.75 Å². The van der Waals surface area contributed by atoms with Crippen LogP contribution in [0.3, 0.4) is 0 Å². The van der Waals surface area contributed by atoms with Gasteiger partial charge in [-0.2, -0.15) is 4.98 Å². The fraction of sp³-hybridized carbons (Fsp3) is 0.457. The van der Waals surface area contributed by atoms with Crippen molar-refractivity contribution in [2.24, 2.45) is 5.92 Å². The monoisotopic (exact) mass is 879 g/mol.